The van der Waals surface area contributed by atoms with Crippen LogP contribution in [-0.2, 0) is 9.53 Å². The van der Waals surface area contributed by atoms with E-state index in [9.17, 15) is 9.59 Å². The van der Waals surface area contributed by atoms with E-state index in [1.165, 1.54) is 13.3 Å². The Labute approximate surface area is 110 Å². The zero-order valence-corrected chi connectivity index (χ0v) is 10.6. The monoisotopic (exact) mass is 258 g/mol. The van der Waals surface area contributed by atoms with Gasteiger partial charge in [-0.05, 0) is 12.1 Å². The van der Waals surface area contributed by atoms with Gasteiger partial charge >= 0.3 is 5.97 Å². The van der Waals surface area contributed by atoms with Crippen LogP contribution in [0, 0.1) is 0 Å². The lowest BCUT2D eigenvalue weighted by molar-refractivity contribution is -0.140. The van der Waals surface area contributed by atoms with Crippen molar-refractivity contribution in [2.24, 2.45) is 0 Å². The van der Waals surface area contributed by atoms with Crippen molar-refractivity contribution in [3.63, 3.8) is 0 Å². The highest BCUT2D eigenvalue weighted by molar-refractivity contribution is 5.97. The Morgan fingerprint density at radius 2 is 1.95 bits per heavy atom. The Morgan fingerprint density at radius 3 is 2.63 bits per heavy atom. The second kappa shape index (κ2) is 5.95. The minimum absolute atomic E-state index is 0.0891. The molecule has 0 fully saturated rings. The zero-order valence-electron chi connectivity index (χ0n) is 10.6. The lowest BCUT2D eigenvalue weighted by Crippen LogP contribution is -2.05. The predicted molar refractivity (Wildman–Crippen MR) is 69.1 cm³/mol. The number of para-hydroxylation sites is 1. The van der Waals surface area contributed by atoms with Gasteiger partial charge in [0.15, 0.2) is 5.78 Å². The van der Waals surface area contributed by atoms with Gasteiger partial charge in [-0.3, -0.25) is 9.59 Å². The van der Waals surface area contributed by atoms with Crippen molar-refractivity contribution in [1.82, 2.24) is 9.78 Å². The number of ether oxygens (including phenoxy) is 1. The van der Waals surface area contributed by atoms with Crippen LogP contribution in [0.2, 0.25) is 0 Å². The SMILES string of the molecule is COC(=O)CCC(=O)c1cnn(-c2ccccc2)c1. The average Bonchev–Trinajstić information content (AvgIpc) is 2.95. The molecule has 0 atom stereocenters. The molecule has 0 bridgehead atoms. The van der Waals surface area contributed by atoms with Crippen LogP contribution in [0.15, 0.2) is 42.7 Å². The summed E-state index contributed by atoms with van der Waals surface area (Å²) in [4.78, 5) is 22.8. The molecule has 2 rings (SSSR count). The minimum atomic E-state index is -0.385. The number of nitrogens with zero attached hydrogens (tertiary/aromatic N) is 2. The summed E-state index contributed by atoms with van der Waals surface area (Å²) < 4.78 is 6.13. The summed E-state index contributed by atoms with van der Waals surface area (Å²) in [6, 6.07) is 9.51. The first-order valence-corrected chi connectivity index (χ1v) is 5.91. The molecular weight excluding hydrogens is 244 g/mol. The molecule has 0 saturated heterocycles. The third kappa shape index (κ3) is 3.28. The van der Waals surface area contributed by atoms with E-state index in [1.54, 1.807) is 10.9 Å². The van der Waals surface area contributed by atoms with Gasteiger partial charge in [0.05, 0.1) is 31.0 Å². The molecule has 1 aromatic carbocycles. The van der Waals surface area contributed by atoms with Crippen molar-refractivity contribution >= 4 is 11.8 Å². The van der Waals surface area contributed by atoms with Crippen molar-refractivity contribution in [2.75, 3.05) is 7.11 Å². The van der Waals surface area contributed by atoms with Crippen LogP contribution in [0.3, 0.4) is 0 Å². The smallest absolute Gasteiger partial charge is 0.305 e. The van der Waals surface area contributed by atoms with Crippen LogP contribution >= 0.6 is 0 Å². The number of benzene rings is 1. The van der Waals surface area contributed by atoms with E-state index in [-0.39, 0.29) is 24.6 Å². The lowest BCUT2D eigenvalue weighted by Gasteiger charge is -1.99. The van der Waals surface area contributed by atoms with Gasteiger partial charge in [-0.15, -0.1) is 0 Å². The summed E-state index contributed by atoms with van der Waals surface area (Å²) in [6.07, 6.45) is 3.39. The molecule has 0 N–H and O–H groups in total. The molecule has 0 spiro atoms. The molecule has 0 unspecified atom stereocenters. The summed E-state index contributed by atoms with van der Waals surface area (Å²) in [6.45, 7) is 0. The number of ketones is 1. The van der Waals surface area contributed by atoms with E-state index in [4.69, 9.17) is 0 Å². The molecule has 98 valence electrons. The van der Waals surface area contributed by atoms with Crippen molar-refractivity contribution in [2.45, 2.75) is 12.8 Å². The highest BCUT2D eigenvalue weighted by Crippen LogP contribution is 2.10. The topological polar surface area (TPSA) is 61.2 Å². The Hall–Kier alpha value is -2.43. The number of aromatic nitrogens is 2. The van der Waals surface area contributed by atoms with Crippen LogP contribution < -0.4 is 0 Å². The predicted octanol–water partition coefficient (Wildman–Crippen LogP) is 2.01. The second-order valence-electron chi connectivity index (χ2n) is 4.01. The molecule has 2 aromatic rings. The molecular formula is C14H14N2O3. The number of esters is 1. The molecule has 19 heavy (non-hydrogen) atoms. The molecule has 0 aliphatic heterocycles. The number of rotatable bonds is 5. The standard InChI is InChI=1S/C14H14N2O3/c1-19-14(18)8-7-13(17)11-9-15-16(10-11)12-5-3-2-4-6-12/h2-6,9-10H,7-8H2,1H3. The van der Waals surface area contributed by atoms with Gasteiger partial charge in [-0.1, -0.05) is 18.2 Å². The fraction of sp³-hybridized carbons (Fsp3) is 0.214. The first-order chi connectivity index (χ1) is 9.20. The fourth-order valence-corrected chi connectivity index (χ4v) is 1.65. The highest BCUT2D eigenvalue weighted by atomic mass is 16.5. The summed E-state index contributed by atoms with van der Waals surface area (Å²) in [5, 5.41) is 4.13. The van der Waals surface area contributed by atoms with Gasteiger partial charge < -0.3 is 4.74 Å². The van der Waals surface area contributed by atoms with Crippen molar-refractivity contribution in [1.29, 1.82) is 0 Å². The van der Waals surface area contributed by atoms with Crippen LogP contribution in [0.1, 0.15) is 23.2 Å². The number of carbonyl (C=O) groups excluding carboxylic acids is 2. The normalized spacial score (nSPS) is 10.2. The number of methoxy groups -OCH3 is 1. The van der Waals surface area contributed by atoms with Crippen LogP contribution in [-0.4, -0.2) is 28.6 Å². The van der Waals surface area contributed by atoms with Crippen molar-refractivity contribution in [3.05, 3.63) is 48.3 Å². The molecule has 0 radical (unpaired) electrons. The maximum absolute atomic E-state index is 11.8. The molecule has 0 amide bonds. The van der Waals surface area contributed by atoms with Crippen LogP contribution in [0.5, 0.6) is 0 Å². The summed E-state index contributed by atoms with van der Waals surface area (Å²) in [7, 11) is 1.31. The van der Waals surface area contributed by atoms with Crippen molar-refractivity contribution < 1.29 is 14.3 Å². The zero-order chi connectivity index (χ0) is 13.7. The average molecular weight is 258 g/mol. The Bertz CT molecular complexity index is 575. The van der Waals surface area contributed by atoms with E-state index < -0.39 is 0 Å². The quantitative estimate of drug-likeness (QED) is 0.608. The first-order valence-electron chi connectivity index (χ1n) is 5.91. The van der Waals surface area contributed by atoms with E-state index in [1.807, 2.05) is 30.3 Å². The Balaban J connectivity index is 2.05. The van der Waals surface area contributed by atoms with E-state index in [2.05, 4.69) is 9.84 Å². The fourth-order valence-electron chi connectivity index (χ4n) is 1.65. The van der Waals surface area contributed by atoms with Crippen LogP contribution in [0.25, 0.3) is 5.69 Å². The summed E-state index contributed by atoms with van der Waals surface area (Å²) in [5.74, 6) is -0.503. The largest absolute Gasteiger partial charge is 0.469 e. The lowest BCUT2D eigenvalue weighted by atomic mass is 10.1. The van der Waals surface area contributed by atoms with Gasteiger partial charge in [0, 0.05) is 12.6 Å². The molecule has 5 heteroatoms. The van der Waals surface area contributed by atoms with Gasteiger partial charge in [0.25, 0.3) is 0 Å². The molecule has 0 aliphatic rings. The first kappa shape index (κ1) is 13.0. The van der Waals surface area contributed by atoms with Gasteiger partial charge in [0.1, 0.15) is 0 Å². The number of Topliss-reactive ketones (excluding diaryl/α,β-unsaturated/α-hetero) is 1. The number of carbonyl (C=O) groups is 2. The maximum atomic E-state index is 11.8. The maximum Gasteiger partial charge on any atom is 0.305 e. The van der Waals surface area contributed by atoms with E-state index in [0.717, 1.165) is 5.69 Å². The van der Waals surface area contributed by atoms with Crippen molar-refractivity contribution in [3.8, 4) is 5.69 Å². The highest BCUT2D eigenvalue weighted by Gasteiger charge is 2.11. The van der Waals surface area contributed by atoms with Gasteiger partial charge in [0.2, 0.25) is 0 Å². The van der Waals surface area contributed by atoms with E-state index >= 15 is 0 Å². The minimum Gasteiger partial charge on any atom is -0.469 e. The Morgan fingerprint density at radius 1 is 1.21 bits per heavy atom. The molecule has 5 nitrogen and oxygen atoms in total. The van der Waals surface area contributed by atoms with Gasteiger partial charge in [-0.25, -0.2) is 4.68 Å². The third-order valence-corrected chi connectivity index (χ3v) is 2.71. The summed E-state index contributed by atoms with van der Waals surface area (Å²) in [5.41, 5.74) is 1.38. The summed E-state index contributed by atoms with van der Waals surface area (Å²) >= 11 is 0. The van der Waals surface area contributed by atoms with E-state index in [0.29, 0.717) is 5.56 Å². The molecule has 0 aliphatic carbocycles. The third-order valence-electron chi connectivity index (χ3n) is 2.71. The molecule has 1 aromatic heterocycles. The second-order valence-corrected chi connectivity index (χ2v) is 4.01. The molecule has 0 saturated carbocycles. The van der Waals surface area contributed by atoms with Gasteiger partial charge in [-0.2, -0.15) is 5.10 Å². The number of hydrogen-bond donors (Lipinski definition) is 0. The molecule has 1 heterocycles. The Kier molecular flexibility index (Phi) is 4.07. The van der Waals surface area contributed by atoms with Crippen LogP contribution in [0.4, 0.5) is 0 Å². The number of hydrogen-bond acceptors (Lipinski definition) is 4.